The smallest absolute Gasteiger partial charge is 0.343 e. The van der Waals surface area contributed by atoms with Gasteiger partial charge in [-0.2, -0.15) is 0 Å². The number of unbranched alkanes of at least 4 members (excludes halogenated alkanes) is 8. The van der Waals surface area contributed by atoms with Crippen molar-refractivity contribution in [3.05, 3.63) is 59.7 Å². The summed E-state index contributed by atoms with van der Waals surface area (Å²) in [6.07, 6.45) is 17.9. The molecule has 0 spiro atoms. The number of esters is 1. The van der Waals surface area contributed by atoms with Crippen LogP contribution in [0.5, 0.6) is 11.5 Å². The van der Waals surface area contributed by atoms with E-state index in [0.29, 0.717) is 11.3 Å². The molecule has 2 atom stereocenters. The first-order valence-corrected chi connectivity index (χ1v) is 14.6. The summed E-state index contributed by atoms with van der Waals surface area (Å²) in [5.41, 5.74) is 1.84. The fraction of sp³-hybridized carbons (Fsp3) is 0.606. The van der Waals surface area contributed by atoms with Crippen molar-refractivity contribution < 1.29 is 14.3 Å². The lowest BCUT2D eigenvalue weighted by molar-refractivity contribution is 0.0734. The average Bonchev–Trinajstić information content (AvgIpc) is 2.89. The summed E-state index contributed by atoms with van der Waals surface area (Å²) in [5, 5.41) is 0. The molecule has 0 aliphatic rings. The summed E-state index contributed by atoms with van der Waals surface area (Å²) in [6.45, 7) is 8.97. The Kier molecular flexibility index (Phi) is 15.0. The van der Waals surface area contributed by atoms with Gasteiger partial charge in [0.15, 0.2) is 0 Å². The van der Waals surface area contributed by atoms with Crippen LogP contribution in [0.4, 0.5) is 0 Å². The van der Waals surface area contributed by atoms with E-state index in [9.17, 15) is 4.79 Å². The molecule has 0 saturated heterocycles. The molecule has 0 amide bonds. The summed E-state index contributed by atoms with van der Waals surface area (Å²) < 4.78 is 11.6. The SMILES string of the molecule is CCCCCC[C@@H](C)Oc1ccc(C(=O)Oc2ccc(CCCCCCCC[C@@H](C)CC)cc2)cc1. The quantitative estimate of drug-likeness (QED) is 0.111. The van der Waals surface area contributed by atoms with E-state index < -0.39 is 0 Å². The van der Waals surface area contributed by atoms with E-state index in [1.54, 1.807) is 12.1 Å². The van der Waals surface area contributed by atoms with Crippen LogP contribution in [0.2, 0.25) is 0 Å². The lowest BCUT2D eigenvalue weighted by atomic mass is 9.99. The fourth-order valence-electron chi connectivity index (χ4n) is 4.44. The van der Waals surface area contributed by atoms with Gasteiger partial charge in [-0.3, -0.25) is 0 Å². The highest BCUT2D eigenvalue weighted by Crippen LogP contribution is 2.20. The molecular formula is C33H50O3. The summed E-state index contributed by atoms with van der Waals surface area (Å²) in [5.74, 6) is 1.93. The molecule has 0 radical (unpaired) electrons. The van der Waals surface area contributed by atoms with Crippen LogP contribution in [-0.4, -0.2) is 12.1 Å². The van der Waals surface area contributed by atoms with Crippen molar-refractivity contribution in [2.75, 3.05) is 0 Å². The minimum atomic E-state index is -0.338. The lowest BCUT2D eigenvalue weighted by Crippen LogP contribution is -2.12. The van der Waals surface area contributed by atoms with Crippen molar-refractivity contribution >= 4 is 5.97 Å². The molecule has 0 aromatic heterocycles. The van der Waals surface area contributed by atoms with Gasteiger partial charge in [0.1, 0.15) is 11.5 Å². The van der Waals surface area contributed by atoms with E-state index in [4.69, 9.17) is 9.47 Å². The molecule has 3 nitrogen and oxygen atoms in total. The topological polar surface area (TPSA) is 35.5 Å². The third kappa shape index (κ3) is 12.6. The van der Waals surface area contributed by atoms with Gasteiger partial charge in [0.05, 0.1) is 11.7 Å². The first-order valence-electron chi connectivity index (χ1n) is 14.6. The number of benzene rings is 2. The molecule has 200 valence electrons. The molecule has 2 aromatic rings. The third-order valence-electron chi connectivity index (χ3n) is 7.13. The average molecular weight is 495 g/mol. The van der Waals surface area contributed by atoms with Gasteiger partial charge < -0.3 is 9.47 Å². The molecule has 0 aliphatic heterocycles. The van der Waals surface area contributed by atoms with Gasteiger partial charge in [0.2, 0.25) is 0 Å². The molecule has 0 heterocycles. The van der Waals surface area contributed by atoms with Crippen LogP contribution in [0.1, 0.15) is 127 Å². The number of ether oxygens (including phenoxy) is 2. The van der Waals surface area contributed by atoms with Crippen molar-refractivity contribution in [2.45, 2.75) is 124 Å². The monoisotopic (exact) mass is 494 g/mol. The highest BCUT2D eigenvalue weighted by molar-refractivity contribution is 5.91. The summed E-state index contributed by atoms with van der Waals surface area (Å²) in [7, 11) is 0. The molecule has 36 heavy (non-hydrogen) atoms. The zero-order valence-corrected chi connectivity index (χ0v) is 23.4. The third-order valence-corrected chi connectivity index (χ3v) is 7.13. The van der Waals surface area contributed by atoms with Crippen LogP contribution in [0.25, 0.3) is 0 Å². The maximum absolute atomic E-state index is 12.5. The Morgan fingerprint density at radius 1 is 0.694 bits per heavy atom. The number of hydrogen-bond donors (Lipinski definition) is 0. The second kappa shape index (κ2) is 18.0. The van der Waals surface area contributed by atoms with E-state index in [-0.39, 0.29) is 12.1 Å². The minimum Gasteiger partial charge on any atom is -0.491 e. The molecule has 0 fully saturated rings. The van der Waals surface area contributed by atoms with Gasteiger partial charge in [-0.15, -0.1) is 0 Å². The zero-order valence-electron chi connectivity index (χ0n) is 23.4. The Morgan fingerprint density at radius 3 is 1.94 bits per heavy atom. The largest absolute Gasteiger partial charge is 0.491 e. The van der Waals surface area contributed by atoms with Crippen molar-refractivity contribution in [1.82, 2.24) is 0 Å². The Hall–Kier alpha value is -2.29. The molecule has 0 unspecified atom stereocenters. The van der Waals surface area contributed by atoms with E-state index in [1.165, 1.54) is 82.6 Å². The molecule has 0 bridgehead atoms. The van der Waals surface area contributed by atoms with Gasteiger partial charge >= 0.3 is 5.97 Å². The lowest BCUT2D eigenvalue weighted by Gasteiger charge is -2.14. The predicted molar refractivity (Wildman–Crippen MR) is 152 cm³/mol. The molecule has 2 aromatic carbocycles. The first kappa shape index (κ1) is 29.9. The van der Waals surface area contributed by atoms with Crippen molar-refractivity contribution in [3.63, 3.8) is 0 Å². The van der Waals surface area contributed by atoms with E-state index >= 15 is 0 Å². The van der Waals surface area contributed by atoms with Crippen LogP contribution in [0.3, 0.4) is 0 Å². The van der Waals surface area contributed by atoms with E-state index in [2.05, 4.69) is 39.8 Å². The Balaban J connectivity index is 1.65. The molecular weight excluding hydrogens is 444 g/mol. The number of aryl methyl sites for hydroxylation is 1. The maximum Gasteiger partial charge on any atom is 0.343 e. The number of carbonyl (C=O) groups excluding carboxylic acids is 1. The normalized spacial score (nSPS) is 12.8. The summed E-state index contributed by atoms with van der Waals surface area (Å²) in [6, 6.07) is 15.2. The zero-order chi connectivity index (χ0) is 26.0. The van der Waals surface area contributed by atoms with Crippen molar-refractivity contribution in [1.29, 1.82) is 0 Å². The van der Waals surface area contributed by atoms with Crippen molar-refractivity contribution in [2.24, 2.45) is 5.92 Å². The number of carbonyl (C=O) groups is 1. The van der Waals surface area contributed by atoms with Crippen molar-refractivity contribution in [3.8, 4) is 11.5 Å². The Labute approximate surface area is 221 Å². The van der Waals surface area contributed by atoms with Gasteiger partial charge in [-0.25, -0.2) is 4.79 Å². The highest BCUT2D eigenvalue weighted by atomic mass is 16.5. The highest BCUT2D eigenvalue weighted by Gasteiger charge is 2.10. The maximum atomic E-state index is 12.5. The summed E-state index contributed by atoms with van der Waals surface area (Å²) in [4.78, 5) is 12.5. The first-order chi connectivity index (χ1) is 17.5. The van der Waals surface area contributed by atoms with Gasteiger partial charge in [-0.1, -0.05) is 97.1 Å². The van der Waals surface area contributed by atoms with Crippen LogP contribution in [0.15, 0.2) is 48.5 Å². The van der Waals surface area contributed by atoms with Crippen LogP contribution in [-0.2, 0) is 6.42 Å². The number of hydrogen-bond acceptors (Lipinski definition) is 3. The second-order valence-corrected chi connectivity index (χ2v) is 10.5. The van der Waals surface area contributed by atoms with Crippen LogP contribution in [0, 0.1) is 5.92 Å². The van der Waals surface area contributed by atoms with Gasteiger partial charge in [0, 0.05) is 0 Å². The van der Waals surface area contributed by atoms with Gasteiger partial charge in [0.25, 0.3) is 0 Å². The molecule has 3 heteroatoms. The fourth-order valence-corrected chi connectivity index (χ4v) is 4.44. The van der Waals surface area contributed by atoms with E-state index in [1.807, 2.05) is 24.3 Å². The standard InChI is InChI=1S/C33H50O3/c1-5-7-8-14-17-28(4)35-31-25-21-30(22-26-31)33(34)36-32-23-19-29(20-24-32)18-15-12-10-9-11-13-16-27(3)6-2/h19-28H,5-18H2,1-4H3/t27-,28+/m0/s1. The molecule has 0 saturated carbocycles. The molecule has 0 N–H and O–H groups in total. The predicted octanol–water partition coefficient (Wildman–Crippen LogP) is 9.96. The van der Waals surface area contributed by atoms with Crippen LogP contribution < -0.4 is 9.47 Å². The molecule has 2 rings (SSSR count). The summed E-state index contributed by atoms with van der Waals surface area (Å²) >= 11 is 0. The second-order valence-electron chi connectivity index (χ2n) is 10.5. The van der Waals surface area contributed by atoms with Crippen LogP contribution >= 0.6 is 0 Å². The Bertz CT molecular complexity index is 825. The minimum absolute atomic E-state index is 0.178. The Morgan fingerprint density at radius 2 is 1.28 bits per heavy atom. The molecule has 0 aliphatic carbocycles. The van der Waals surface area contributed by atoms with Gasteiger partial charge in [-0.05, 0) is 80.5 Å². The number of rotatable bonds is 19. The van der Waals surface area contributed by atoms with E-state index in [0.717, 1.165) is 24.5 Å².